The third kappa shape index (κ3) is 9.28. The molecule has 0 saturated carbocycles. The molecule has 1 aromatic rings. The number of aliphatic imine (C=N–C) groups is 1. The molecule has 0 radical (unpaired) electrons. The van der Waals surface area contributed by atoms with Gasteiger partial charge in [-0.3, -0.25) is 4.79 Å². The van der Waals surface area contributed by atoms with Gasteiger partial charge in [-0.2, -0.15) is 5.10 Å². The Morgan fingerprint density at radius 1 is 0.968 bits per heavy atom. The van der Waals surface area contributed by atoms with E-state index in [-0.39, 0.29) is 6.42 Å². The van der Waals surface area contributed by atoms with Crippen LogP contribution in [0.15, 0.2) is 23.5 Å². The van der Waals surface area contributed by atoms with Crippen LogP contribution in [0.3, 0.4) is 0 Å². The molecule has 0 spiro atoms. The Morgan fingerprint density at radius 2 is 1.58 bits per heavy atom. The number of esters is 1. The molecule has 1 aromatic heterocycles. The molecule has 0 atom stereocenters. The highest BCUT2D eigenvalue weighted by atomic mass is 16.7. The number of carbonyl (C=O) groups is 4. The second-order valence-electron chi connectivity index (χ2n) is 8.06. The molecule has 0 aliphatic rings. The van der Waals surface area contributed by atoms with Crippen molar-refractivity contribution in [3.8, 4) is 0 Å². The molecule has 172 valence electrons. The second-order valence-corrected chi connectivity index (χ2v) is 8.06. The first-order chi connectivity index (χ1) is 14.2. The van der Waals surface area contributed by atoms with E-state index in [9.17, 15) is 19.2 Å². The fourth-order valence-corrected chi connectivity index (χ4v) is 1.81. The molecule has 1 rings (SSSR count). The highest BCUT2D eigenvalue weighted by Crippen LogP contribution is 2.14. The summed E-state index contributed by atoms with van der Waals surface area (Å²) in [7, 11) is 0. The van der Waals surface area contributed by atoms with E-state index in [0.717, 1.165) is 4.68 Å². The number of aromatic nitrogens is 2. The molecule has 12 heteroatoms. The highest BCUT2D eigenvalue weighted by molar-refractivity contribution is 6.10. The van der Waals surface area contributed by atoms with Crippen molar-refractivity contribution in [3.05, 3.63) is 18.5 Å². The zero-order chi connectivity index (χ0) is 23.8. The zero-order valence-electron chi connectivity index (χ0n) is 18.7. The Balaban J connectivity index is 3.33. The predicted octanol–water partition coefficient (Wildman–Crippen LogP) is 3.31. The van der Waals surface area contributed by atoms with E-state index in [2.05, 4.69) is 10.1 Å². The van der Waals surface area contributed by atoms with Gasteiger partial charge in [-0.25, -0.2) is 19.1 Å². The normalized spacial score (nSPS) is 12.0. The van der Waals surface area contributed by atoms with Crippen LogP contribution < -0.4 is 0 Å². The van der Waals surface area contributed by atoms with Crippen LogP contribution in [0.25, 0.3) is 0 Å². The maximum atomic E-state index is 12.8. The van der Waals surface area contributed by atoms with E-state index < -0.39 is 48.2 Å². The van der Waals surface area contributed by atoms with Crippen LogP contribution in [0.2, 0.25) is 0 Å². The Morgan fingerprint density at radius 3 is 2.06 bits per heavy atom. The van der Waals surface area contributed by atoms with E-state index >= 15 is 0 Å². The van der Waals surface area contributed by atoms with E-state index in [1.54, 1.807) is 48.5 Å². The average Bonchev–Trinajstić information content (AvgIpc) is 3.12. The molecule has 31 heavy (non-hydrogen) atoms. The predicted molar refractivity (Wildman–Crippen MR) is 107 cm³/mol. The van der Waals surface area contributed by atoms with Crippen molar-refractivity contribution in [2.45, 2.75) is 66.1 Å². The number of hydrogen-bond acceptors (Lipinski definition) is 9. The summed E-state index contributed by atoms with van der Waals surface area (Å²) >= 11 is 0. The quantitative estimate of drug-likeness (QED) is 0.228. The minimum atomic E-state index is -1.31. The molecule has 0 aromatic carbocycles. The number of rotatable bonds is 3. The van der Waals surface area contributed by atoms with Gasteiger partial charge in [0.15, 0.2) is 0 Å². The number of nitrogens with zero attached hydrogens (tertiary/aromatic N) is 4. The van der Waals surface area contributed by atoms with Gasteiger partial charge in [0.2, 0.25) is 6.79 Å². The lowest BCUT2D eigenvalue weighted by Gasteiger charge is -2.26. The summed E-state index contributed by atoms with van der Waals surface area (Å²) in [6, 6.07) is 1.48. The molecule has 12 nitrogen and oxygen atoms in total. The molecular formula is C19H28N4O8. The van der Waals surface area contributed by atoms with Gasteiger partial charge >= 0.3 is 24.2 Å². The molecular weight excluding hydrogens is 412 g/mol. The number of hydrogen-bond donors (Lipinski definition) is 0. The van der Waals surface area contributed by atoms with Crippen molar-refractivity contribution in [2.24, 2.45) is 4.99 Å². The topological polar surface area (TPSA) is 139 Å². The monoisotopic (exact) mass is 440 g/mol. The maximum Gasteiger partial charge on any atom is 0.437 e. The Labute approximate surface area is 180 Å². The van der Waals surface area contributed by atoms with Crippen LogP contribution in [0.1, 0.15) is 54.9 Å². The molecule has 0 aliphatic carbocycles. The van der Waals surface area contributed by atoms with Crippen LogP contribution in [-0.2, 0) is 23.7 Å². The van der Waals surface area contributed by atoms with Gasteiger partial charge in [0, 0.05) is 18.8 Å². The van der Waals surface area contributed by atoms with E-state index in [4.69, 9.17) is 18.9 Å². The summed E-state index contributed by atoms with van der Waals surface area (Å²) in [5, 5.41) is 3.91. The van der Waals surface area contributed by atoms with Gasteiger partial charge in [0.25, 0.3) is 5.96 Å². The van der Waals surface area contributed by atoms with Crippen molar-refractivity contribution in [1.29, 1.82) is 0 Å². The van der Waals surface area contributed by atoms with Crippen LogP contribution in [0.4, 0.5) is 14.4 Å². The van der Waals surface area contributed by atoms with Crippen LogP contribution in [0.5, 0.6) is 0 Å². The molecule has 0 bridgehead atoms. The second kappa shape index (κ2) is 10.5. The lowest BCUT2D eigenvalue weighted by Crippen LogP contribution is -2.48. The molecule has 0 aliphatic heterocycles. The number of ether oxygens (including phenoxy) is 4. The number of carbonyl (C=O) groups excluding carboxylic acids is 4. The first kappa shape index (κ1) is 25.6. The van der Waals surface area contributed by atoms with E-state index in [0.29, 0.717) is 4.90 Å². The lowest BCUT2D eigenvalue weighted by atomic mass is 10.2. The average molecular weight is 440 g/mol. The van der Waals surface area contributed by atoms with Crippen LogP contribution in [-0.4, -0.2) is 62.9 Å². The van der Waals surface area contributed by atoms with Gasteiger partial charge in [0.1, 0.15) is 11.2 Å². The first-order valence-corrected chi connectivity index (χ1v) is 9.40. The van der Waals surface area contributed by atoms with Crippen LogP contribution >= 0.6 is 0 Å². The fraction of sp³-hybridized carbons (Fsp3) is 0.579. The Bertz CT molecular complexity index is 819. The standard InChI is InChI=1S/C19H28N4O8/c1-8-13(24)28-12-29-16(26)23(17(27)31-19(5,6)7)14(22-11-9-10-20-22)21-15(25)30-18(2,3)4/h9-11H,8,12H2,1-7H3. The smallest absolute Gasteiger partial charge is 0.437 e. The largest absolute Gasteiger partial charge is 0.443 e. The molecule has 0 fully saturated rings. The highest BCUT2D eigenvalue weighted by Gasteiger charge is 2.35. The van der Waals surface area contributed by atoms with Crippen molar-refractivity contribution in [2.75, 3.05) is 6.79 Å². The minimum Gasteiger partial charge on any atom is -0.443 e. The minimum absolute atomic E-state index is 0.0615. The summed E-state index contributed by atoms with van der Waals surface area (Å²) in [4.78, 5) is 53.1. The van der Waals surface area contributed by atoms with Crippen molar-refractivity contribution in [3.63, 3.8) is 0 Å². The molecule has 0 N–H and O–H groups in total. The van der Waals surface area contributed by atoms with Crippen molar-refractivity contribution in [1.82, 2.24) is 14.7 Å². The summed E-state index contributed by atoms with van der Waals surface area (Å²) in [5.74, 6) is -1.17. The Kier molecular flexibility index (Phi) is 8.71. The fourth-order valence-electron chi connectivity index (χ4n) is 1.81. The van der Waals surface area contributed by atoms with Crippen molar-refractivity contribution >= 4 is 30.2 Å². The Hall–Kier alpha value is -3.44. The van der Waals surface area contributed by atoms with Gasteiger partial charge in [-0.1, -0.05) is 6.92 Å². The molecule has 0 unspecified atom stereocenters. The van der Waals surface area contributed by atoms with E-state index in [1.165, 1.54) is 18.5 Å². The van der Waals surface area contributed by atoms with Gasteiger partial charge in [-0.15, -0.1) is 9.89 Å². The summed E-state index contributed by atoms with van der Waals surface area (Å²) in [5.41, 5.74) is -1.88. The van der Waals surface area contributed by atoms with Gasteiger partial charge in [-0.05, 0) is 47.6 Å². The first-order valence-electron chi connectivity index (χ1n) is 9.40. The third-order valence-corrected chi connectivity index (χ3v) is 2.94. The molecule has 0 saturated heterocycles. The summed E-state index contributed by atoms with van der Waals surface area (Å²) in [6.45, 7) is 10.4. The van der Waals surface area contributed by atoms with Crippen LogP contribution in [0, 0.1) is 0 Å². The van der Waals surface area contributed by atoms with E-state index in [1.807, 2.05) is 0 Å². The van der Waals surface area contributed by atoms with Crippen molar-refractivity contribution < 1.29 is 38.1 Å². The van der Waals surface area contributed by atoms with Gasteiger partial charge in [0.05, 0.1) is 0 Å². The van der Waals surface area contributed by atoms with Gasteiger partial charge < -0.3 is 18.9 Å². The summed E-state index contributed by atoms with van der Waals surface area (Å²) < 4.78 is 20.9. The zero-order valence-corrected chi connectivity index (χ0v) is 18.7. The number of imide groups is 1. The number of amides is 3. The third-order valence-electron chi connectivity index (χ3n) is 2.94. The SMILES string of the molecule is CCC(=O)OCOC(=O)N(C(=O)OC(C)(C)C)C(=NC(=O)OC(C)(C)C)n1cccn1. The molecule has 1 heterocycles. The molecule has 3 amide bonds. The summed E-state index contributed by atoms with van der Waals surface area (Å²) in [6.07, 6.45) is -0.853. The lowest BCUT2D eigenvalue weighted by molar-refractivity contribution is -0.151. The maximum absolute atomic E-state index is 12.8.